The molecule has 3 aromatic rings. The Kier molecular flexibility index (Phi) is 5.44. The fourth-order valence-electron chi connectivity index (χ4n) is 2.35. The van der Waals surface area contributed by atoms with Crippen LogP contribution in [0.4, 0.5) is 17.5 Å². The molecule has 2 aromatic heterocycles. The predicted molar refractivity (Wildman–Crippen MR) is 101 cm³/mol. The molecule has 9 heteroatoms. The molecule has 3 N–H and O–H groups in total. The van der Waals surface area contributed by atoms with Crippen molar-refractivity contribution >= 4 is 44.5 Å². The highest BCUT2D eigenvalue weighted by molar-refractivity contribution is 9.10. The van der Waals surface area contributed by atoms with Crippen LogP contribution in [0, 0.1) is 0 Å². The maximum absolute atomic E-state index is 9.42. The van der Waals surface area contributed by atoms with Gasteiger partial charge in [-0.1, -0.05) is 28.1 Å². The number of nitrogens with zero attached hydrogens (tertiary/aromatic N) is 5. The summed E-state index contributed by atoms with van der Waals surface area (Å²) in [5.74, 6) is 1.01. The molecule has 0 bridgehead atoms. The van der Waals surface area contributed by atoms with Crippen molar-refractivity contribution in [3.8, 4) is 0 Å². The molecule has 0 spiro atoms. The second-order valence-electron chi connectivity index (χ2n) is 5.54. The zero-order valence-corrected chi connectivity index (χ0v) is 15.7. The minimum atomic E-state index is -0.107. The van der Waals surface area contributed by atoms with Gasteiger partial charge in [-0.15, -0.1) is 5.10 Å². The number of anilines is 3. The molecule has 0 amide bonds. The second kappa shape index (κ2) is 7.75. The van der Waals surface area contributed by atoms with Crippen LogP contribution in [0.2, 0.25) is 0 Å². The fourth-order valence-corrected chi connectivity index (χ4v) is 2.61. The highest BCUT2D eigenvalue weighted by Crippen LogP contribution is 2.24. The van der Waals surface area contributed by atoms with Crippen molar-refractivity contribution < 1.29 is 5.11 Å². The lowest BCUT2D eigenvalue weighted by Gasteiger charge is -2.15. The van der Waals surface area contributed by atoms with Crippen LogP contribution < -0.4 is 10.6 Å². The molecule has 25 heavy (non-hydrogen) atoms. The standard InChI is InChI=1S/C16H20BrN7O/c1-3-11(9-25)19-16-20-14(18-12-7-5-10(17)6-8-12)13-15(21-16)24(4-2)23-22-13/h5-8,11,25H,3-4,9H2,1-2H3,(H2,18,19,20,21). The molecule has 1 atom stereocenters. The number of halogens is 1. The minimum Gasteiger partial charge on any atom is -0.394 e. The van der Waals surface area contributed by atoms with Crippen LogP contribution in [0.25, 0.3) is 11.2 Å². The van der Waals surface area contributed by atoms with Crippen LogP contribution in [0.1, 0.15) is 20.3 Å². The zero-order valence-electron chi connectivity index (χ0n) is 14.1. The monoisotopic (exact) mass is 405 g/mol. The van der Waals surface area contributed by atoms with Crippen molar-refractivity contribution in [2.75, 3.05) is 17.2 Å². The first-order chi connectivity index (χ1) is 12.1. The molecule has 0 radical (unpaired) electrons. The van der Waals surface area contributed by atoms with Crippen LogP contribution >= 0.6 is 15.9 Å². The third-order valence-electron chi connectivity index (χ3n) is 3.82. The molecule has 3 rings (SSSR count). The number of aromatic nitrogens is 5. The number of aliphatic hydroxyl groups excluding tert-OH is 1. The molecule has 2 heterocycles. The van der Waals surface area contributed by atoms with Crippen LogP contribution in [0.15, 0.2) is 28.7 Å². The van der Waals surface area contributed by atoms with Crippen LogP contribution in [-0.4, -0.2) is 42.7 Å². The summed E-state index contributed by atoms with van der Waals surface area (Å²) in [7, 11) is 0. The smallest absolute Gasteiger partial charge is 0.227 e. The van der Waals surface area contributed by atoms with E-state index in [0.29, 0.717) is 29.5 Å². The number of nitrogens with one attached hydrogen (secondary N) is 2. The van der Waals surface area contributed by atoms with Gasteiger partial charge in [0.15, 0.2) is 17.0 Å². The molecule has 0 saturated carbocycles. The van der Waals surface area contributed by atoms with Gasteiger partial charge in [-0.2, -0.15) is 9.97 Å². The molecule has 8 nitrogen and oxygen atoms in total. The summed E-state index contributed by atoms with van der Waals surface area (Å²) in [5, 5.41) is 24.2. The lowest BCUT2D eigenvalue weighted by atomic mass is 10.2. The Bertz CT molecular complexity index is 846. The lowest BCUT2D eigenvalue weighted by Crippen LogP contribution is -2.24. The van der Waals surface area contributed by atoms with Gasteiger partial charge in [0.1, 0.15) is 0 Å². The zero-order chi connectivity index (χ0) is 17.8. The summed E-state index contributed by atoms with van der Waals surface area (Å²) in [6.45, 7) is 4.64. The molecule has 0 saturated heterocycles. The minimum absolute atomic E-state index is 0.0126. The average Bonchev–Trinajstić information content (AvgIpc) is 3.05. The van der Waals surface area contributed by atoms with E-state index >= 15 is 0 Å². The third-order valence-corrected chi connectivity index (χ3v) is 4.34. The third kappa shape index (κ3) is 3.88. The number of rotatable bonds is 7. The van der Waals surface area contributed by atoms with Gasteiger partial charge >= 0.3 is 0 Å². The first-order valence-electron chi connectivity index (χ1n) is 8.15. The van der Waals surface area contributed by atoms with E-state index in [9.17, 15) is 5.11 Å². The van der Waals surface area contributed by atoms with E-state index in [1.165, 1.54) is 0 Å². The second-order valence-corrected chi connectivity index (χ2v) is 6.45. The number of hydrogen-bond acceptors (Lipinski definition) is 7. The maximum atomic E-state index is 9.42. The van der Waals surface area contributed by atoms with Crippen LogP contribution in [0.3, 0.4) is 0 Å². The van der Waals surface area contributed by atoms with Gasteiger partial charge in [-0.3, -0.25) is 0 Å². The van der Waals surface area contributed by atoms with Crippen molar-refractivity contribution in [2.24, 2.45) is 0 Å². The van der Waals surface area contributed by atoms with Crippen molar-refractivity contribution in [1.29, 1.82) is 0 Å². The molecule has 0 aliphatic rings. The molecular formula is C16H20BrN7O. The van der Waals surface area contributed by atoms with Crippen LogP contribution in [-0.2, 0) is 6.54 Å². The highest BCUT2D eigenvalue weighted by Gasteiger charge is 2.16. The van der Waals surface area contributed by atoms with Gasteiger partial charge in [0, 0.05) is 16.7 Å². The lowest BCUT2D eigenvalue weighted by molar-refractivity contribution is 0.271. The largest absolute Gasteiger partial charge is 0.394 e. The van der Waals surface area contributed by atoms with E-state index in [4.69, 9.17) is 0 Å². The Morgan fingerprint density at radius 3 is 2.60 bits per heavy atom. The van der Waals surface area contributed by atoms with Crippen LogP contribution in [0.5, 0.6) is 0 Å². The number of fused-ring (bicyclic) bond motifs is 1. The van der Waals surface area contributed by atoms with Crippen molar-refractivity contribution in [1.82, 2.24) is 25.0 Å². The molecule has 1 aromatic carbocycles. The summed E-state index contributed by atoms with van der Waals surface area (Å²) < 4.78 is 2.72. The number of aliphatic hydroxyl groups is 1. The predicted octanol–water partition coefficient (Wildman–Crippen LogP) is 2.93. The van der Waals surface area contributed by atoms with Gasteiger partial charge in [-0.25, -0.2) is 4.68 Å². The number of benzene rings is 1. The van der Waals surface area contributed by atoms with Crippen molar-refractivity contribution in [2.45, 2.75) is 32.9 Å². The summed E-state index contributed by atoms with van der Waals surface area (Å²) in [5.41, 5.74) is 2.13. The Morgan fingerprint density at radius 2 is 1.96 bits per heavy atom. The van der Waals surface area contributed by atoms with Gasteiger partial charge < -0.3 is 15.7 Å². The first kappa shape index (κ1) is 17.6. The van der Waals surface area contributed by atoms with E-state index < -0.39 is 0 Å². The summed E-state index contributed by atoms with van der Waals surface area (Å²) >= 11 is 3.43. The molecule has 0 fully saturated rings. The molecule has 0 aliphatic heterocycles. The van der Waals surface area contributed by atoms with E-state index in [1.54, 1.807) is 4.68 Å². The first-order valence-corrected chi connectivity index (χ1v) is 8.95. The topological polar surface area (TPSA) is 101 Å². The molecule has 1 unspecified atom stereocenters. The fraction of sp³-hybridized carbons (Fsp3) is 0.375. The molecular weight excluding hydrogens is 386 g/mol. The maximum Gasteiger partial charge on any atom is 0.227 e. The summed E-state index contributed by atoms with van der Waals surface area (Å²) in [6.07, 6.45) is 0.763. The van der Waals surface area contributed by atoms with Gasteiger partial charge in [0.05, 0.1) is 12.6 Å². The van der Waals surface area contributed by atoms with Gasteiger partial charge in [0.25, 0.3) is 0 Å². The normalized spacial score (nSPS) is 12.3. The number of hydrogen-bond donors (Lipinski definition) is 3. The Hall–Kier alpha value is -2.26. The van der Waals surface area contributed by atoms with E-state index in [-0.39, 0.29) is 12.6 Å². The van der Waals surface area contributed by atoms with E-state index in [0.717, 1.165) is 16.6 Å². The Labute approximate surface area is 153 Å². The molecule has 132 valence electrons. The Balaban J connectivity index is 2.02. The Morgan fingerprint density at radius 1 is 1.20 bits per heavy atom. The number of aryl methyl sites for hydroxylation is 1. The molecule has 0 aliphatic carbocycles. The summed E-state index contributed by atoms with van der Waals surface area (Å²) in [6, 6.07) is 7.67. The SMILES string of the molecule is CCC(CO)Nc1nc(Nc2ccc(Br)cc2)c2nnn(CC)c2n1. The van der Waals surface area contributed by atoms with Crippen molar-refractivity contribution in [3.63, 3.8) is 0 Å². The quantitative estimate of drug-likeness (QED) is 0.555. The average molecular weight is 406 g/mol. The van der Waals surface area contributed by atoms with E-state index in [2.05, 4.69) is 46.8 Å². The van der Waals surface area contributed by atoms with E-state index in [1.807, 2.05) is 38.1 Å². The summed E-state index contributed by atoms with van der Waals surface area (Å²) in [4.78, 5) is 9.05. The highest BCUT2D eigenvalue weighted by atomic mass is 79.9. The van der Waals surface area contributed by atoms with Gasteiger partial charge in [0.2, 0.25) is 5.95 Å². The van der Waals surface area contributed by atoms with Gasteiger partial charge in [-0.05, 0) is 37.6 Å². The van der Waals surface area contributed by atoms with Crippen molar-refractivity contribution in [3.05, 3.63) is 28.7 Å².